The van der Waals surface area contributed by atoms with E-state index in [1.54, 1.807) is 5.56 Å². The van der Waals surface area contributed by atoms with Crippen LogP contribution < -0.4 is 5.32 Å². The van der Waals surface area contributed by atoms with Gasteiger partial charge in [0.2, 0.25) is 0 Å². The minimum atomic E-state index is 0.147. The lowest BCUT2D eigenvalue weighted by Gasteiger charge is -2.55. The Labute approximate surface area is 133 Å². The van der Waals surface area contributed by atoms with Gasteiger partial charge in [0.05, 0.1) is 0 Å². The largest absolute Gasteiger partial charge is 0.313 e. The molecule has 0 unspecified atom stereocenters. The van der Waals surface area contributed by atoms with E-state index in [2.05, 4.69) is 31.3 Å². The zero-order valence-electron chi connectivity index (χ0n) is 13.9. The molecule has 1 saturated carbocycles. The number of Topliss-reactive ketones (excluding diaryl/α,β-unsaturated/α-hetero) is 1. The highest BCUT2D eigenvalue weighted by Gasteiger charge is 2.53. The monoisotopic (exact) mass is 297 g/mol. The highest BCUT2D eigenvalue weighted by atomic mass is 16.1. The first kappa shape index (κ1) is 14.4. The normalized spacial score (nSPS) is 33.3. The van der Waals surface area contributed by atoms with Crippen molar-refractivity contribution in [2.45, 2.75) is 70.3 Å². The van der Waals surface area contributed by atoms with E-state index in [4.69, 9.17) is 0 Å². The fourth-order valence-electron chi connectivity index (χ4n) is 5.59. The van der Waals surface area contributed by atoms with Crippen molar-refractivity contribution in [1.29, 1.82) is 0 Å². The van der Waals surface area contributed by atoms with E-state index < -0.39 is 0 Å². The van der Waals surface area contributed by atoms with Gasteiger partial charge in [-0.1, -0.05) is 25.5 Å². The molecule has 2 bridgehead atoms. The second kappa shape index (κ2) is 5.19. The van der Waals surface area contributed by atoms with Gasteiger partial charge < -0.3 is 5.32 Å². The number of rotatable bonds is 2. The SMILES string of the molecule is CCCc1ccc2c(c1C)C[C@H]1NCC[C@@]23CC(=O)CC[C@@H]13. The Kier molecular flexibility index (Phi) is 3.41. The van der Waals surface area contributed by atoms with E-state index in [0.717, 1.165) is 32.2 Å². The quantitative estimate of drug-likeness (QED) is 0.905. The third kappa shape index (κ3) is 1.93. The summed E-state index contributed by atoms with van der Waals surface area (Å²) in [4.78, 5) is 12.3. The average Bonchev–Trinajstić information content (AvgIpc) is 2.50. The number of carbonyl (C=O) groups excluding carboxylic acids is 1. The molecule has 2 aliphatic carbocycles. The van der Waals surface area contributed by atoms with E-state index in [9.17, 15) is 4.79 Å². The predicted octanol–water partition coefficient (Wildman–Crippen LogP) is 3.47. The highest BCUT2D eigenvalue weighted by molar-refractivity contribution is 5.81. The molecule has 2 heteroatoms. The summed E-state index contributed by atoms with van der Waals surface area (Å²) in [6.07, 6.45) is 7.35. The van der Waals surface area contributed by atoms with Crippen LogP contribution in [-0.2, 0) is 23.1 Å². The molecule has 4 rings (SSSR count). The molecule has 1 aromatic carbocycles. The molecule has 3 atom stereocenters. The third-order valence-corrected chi connectivity index (χ3v) is 6.61. The van der Waals surface area contributed by atoms with Gasteiger partial charge in [0, 0.05) is 24.3 Å². The lowest BCUT2D eigenvalue weighted by Crippen LogP contribution is -2.60. The number of ketones is 1. The molecule has 1 saturated heterocycles. The summed E-state index contributed by atoms with van der Waals surface area (Å²) >= 11 is 0. The number of aryl methyl sites for hydroxylation is 1. The number of nitrogens with one attached hydrogen (secondary N) is 1. The van der Waals surface area contributed by atoms with Crippen molar-refractivity contribution < 1.29 is 4.79 Å². The van der Waals surface area contributed by atoms with Crippen molar-refractivity contribution in [3.8, 4) is 0 Å². The Hall–Kier alpha value is -1.15. The molecule has 0 spiro atoms. The second-order valence-electron chi connectivity index (χ2n) is 7.66. The molecule has 2 fully saturated rings. The van der Waals surface area contributed by atoms with Gasteiger partial charge in [-0.15, -0.1) is 0 Å². The first-order chi connectivity index (χ1) is 10.7. The topological polar surface area (TPSA) is 29.1 Å². The van der Waals surface area contributed by atoms with Crippen molar-refractivity contribution in [3.05, 3.63) is 34.4 Å². The van der Waals surface area contributed by atoms with Crippen LogP contribution in [-0.4, -0.2) is 18.4 Å². The molecular formula is C20H27NO. The lowest BCUT2D eigenvalue weighted by molar-refractivity contribution is -0.125. The van der Waals surface area contributed by atoms with Crippen LogP contribution in [0.2, 0.25) is 0 Å². The minimum absolute atomic E-state index is 0.147. The maximum Gasteiger partial charge on any atom is 0.133 e. The maximum absolute atomic E-state index is 12.3. The molecule has 22 heavy (non-hydrogen) atoms. The van der Waals surface area contributed by atoms with Crippen LogP contribution in [0.4, 0.5) is 0 Å². The molecular weight excluding hydrogens is 270 g/mol. The Morgan fingerprint density at radius 3 is 3.05 bits per heavy atom. The van der Waals surface area contributed by atoms with Gasteiger partial charge >= 0.3 is 0 Å². The number of fused-ring (bicyclic) bond motifs is 1. The van der Waals surface area contributed by atoms with E-state index in [-0.39, 0.29) is 5.41 Å². The van der Waals surface area contributed by atoms with Crippen LogP contribution in [0.15, 0.2) is 12.1 Å². The summed E-state index contributed by atoms with van der Waals surface area (Å²) in [6.45, 7) is 5.63. The van der Waals surface area contributed by atoms with Crippen molar-refractivity contribution >= 4 is 5.78 Å². The van der Waals surface area contributed by atoms with E-state index in [0.29, 0.717) is 17.7 Å². The second-order valence-corrected chi connectivity index (χ2v) is 7.66. The molecule has 2 nitrogen and oxygen atoms in total. The van der Waals surface area contributed by atoms with Crippen LogP contribution in [0.5, 0.6) is 0 Å². The fourth-order valence-corrected chi connectivity index (χ4v) is 5.59. The summed E-state index contributed by atoms with van der Waals surface area (Å²) in [5.41, 5.74) is 6.25. The molecule has 0 amide bonds. The third-order valence-electron chi connectivity index (χ3n) is 6.61. The molecule has 3 aliphatic rings. The highest BCUT2D eigenvalue weighted by Crippen LogP contribution is 2.53. The number of hydrogen-bond acceptors (Lipinski definition) is 2. The van der Waals surface area contributed by atoms with Crippen molar-refractivity contribution in [3.63, 3.8) is 0 Å². The Bertz CT molecular complexity index is 620. The molecule has 1 aromatic rings. The zero-order chi connectivity index (χ0) is 15.3. The van der Waals surface area contributed by atoms with Gasteiger partial charge in [0.15, 0.2) is 0 Å². The number of carbonyl (C=O) groups is 1. The standard InChI is InChI=1S/C20H27NO/c1-3-4-14-5-7-17-16(13(14)2)11-19-18-8-6-15(22)12-20(17,18)9-10-21-19/h5,7,18-19,21H,3-4,6,8-12H2,1-2H3/t18-,19+,20+/m0/s1. The average molecular weight is 297 g/mol. The first-order valence-electron chi connectivity index (χ1n) is 9.02. The summed E-state index contributed by atoms with van der Waals surface area (Å²) in [7, 11) is 0. The minimum Gasteiger partial charge on any atom is -0.313 e. The number of piperidine rings is 1. The van der Waals surface area contributed by atoms with Crippen LogP contribution in [0.1, 0.15) is 61.3 Å². The van der Waals surface area contributed by atoms with Gasteiger partial charge in [-0.3, -0.25) is 4.79 Å². The van der Waals surface area contributed by atoms with E-state index in [1.165, 1.54) is 36.0 Å². The van der Waals surface area contributed by atoms with Crippen LogP contribution in [0.3, 0.4) is 0 Å². The Morgan fingerprint density at radius 2 is 2.23 bits per heavy atom. The van der Waals surface area contributed by atoms with Gasteiger partial charge in [-0.2, -0.15) is 0 Å². The lowest BCUT2D eigenvalue weighted by atomic mass is 9.52. The predicted molar refractivity (Wildman–Crippen MR) is 89.3 cm³/mol. The Balaban J connectivity index is 1.87. The summed E-state index contributed by atoms with van der Waals surface area (Å²) in [5, 5.41) is 3.77. The van der Waals surface area contributed by atoms with Gasteiger partial charge in [0.25, 0.3) is 0 Å². The number of benzene rings is 1. The summed E-state index contributed by atoms with van der Waals surface area (Å²) in [5.74, 6) is 1.16. The van der Waals surface area contributed by atoms with Crippen LogP contribution in [0.25, 0.3) is 0 Å². The summed E-state index contributed by atoms with van der Waals surface area (Å²) in [6, 6.07) is 5.33. The summed E-state index contributed by atoms with van der Waals surface area (Å²) < 4.78 is 0. The molecule has 0 radical (unpaired) electrons. The maximum atomic E-state index is 12.3. The van der Waals surface area contributed by atoms with Crippen molar-refractivity contribution in [2.24, 2.45) is 5.92 Å². The van der Waals surface area contributed by atoms with Crippen LogP contribution in [0, 0.1) is 12.8 Å². The molecule has 118 valence electrons. The Morgan fingerprint density at radius 1 is 1.36 bits per heavy atom. The van der Waals surface area contributed by atoms with Crippen molar-refractivity contribution in [2.75, 3.05) is 6.54 Å². The van der Waals surface area contributed by atoms with E-state index in [1.807, 2.05) is 0 Å². The zero-order valence-corrected chi connectivity index (χ0v) is 13.9. The molecule has 0 aromatic heterocycles. The molecule has 1 heterocycles. The smallest absolute Gasteiger partial charge is 0.133 e. The molecule has 1 N–H and O–H groups in total. The van der Waals surface area contributed by atoms with Crippen molar-refractivity contribution in [1.82, 2.24) is 5.32 Å². The van der Waals surface area contributed by atoms with Gasteiger partial charge in [0.1, 0.15) is 5.78 Å². The van der Waals surface area contributed by atoms with E-state index >= 15 is 0 Å². The van der Waals surface area contributed by atoms with Gasteiger partial charge in [-0.05, 0) is 67.3 Å². The first-order valence-corrected chi connectivity index (χ1v) is 9.02. The van der Waals surface area contributed by atoms with Gasteiger partial charge in [-0.25, -0.2) is 0 Å². The fraction of sp³-hybridized carbons (Fsp3) is 0.650. The molecule has 1 aliphatic heterocycles. The van der Waals surface area contributed by atoms with Crippen LogP contribution >= 0.6 is 0 Å². The number of hydrogen-bond donors (Lipinski definition) is 1.